The molecule has 0 aliphatic carbocycles. The highest BCUT2D eigenvalue weighted by Gasteiger charge is 2.66. The molecule has 4 amide bonds. The first-order valence-electron chi connectivity index (χ1n) is 8.85. The first-order valence-corrected chi connectivity index (χ1v) is 8.85. The second kappa shape index (κ2) is 4.54. The number of rotatable bonds is 0. The Morgan fingerprint density at radius 2 is 0.917 bits per heavy atom. The molecule has 0 saturated carbocycles. The maximum absolute atomic E-state index is 13.1. The van der Waals surface area contributed by atoms with E-state index in [-0.39, 0.29) is 35.5 Å². The van der Waals surface area contributed by atoms with Crippen LogP contribution >= 0.6 is 0 Å². The van der Waals surface area contributed by atoms with Crippen LogP contribution in [-0.2, 0) is 0 Å². The molecule has 0 aromatic heterocycles. The van der Waals surface area contributed by atoms with Gasteiger partial charge in [0, 0.05) is 0 Å². The molecular weight excluding hydrogens is 308 g/mol. The van der Waals surface area contributed by atoms with Crippen LogP contribution in [0.3, 0.4) is 0 Å². The predicted octanol–water partition coefficient (Wildman–Crippen LogP) is -1.66. The molecule has 134 valence electrons. The summed E-state index contributed by atoms with van der Waals surface area (Å²) in [5.74, 6) is 0. The summed E-state index contributed by atoms with van der Waals surface area (Å²) >= 11 is 0. The van der Waals surface area contributed by atoms with Crippen LogP contribution in [0.1, 0.15) is 41.5 Å². The van der Waals surface area contributed by atoms with Crippen LogP contribution in [0.25, 0.3) is 0 Å². The van der Waals surface area contributed by atoms with Crippen LogP contribution in [-0.4, -0.2) is 81.7 Å². The number of urea groups is 2. The van der Waals surface area contributed by atoms with E-state index < -0.39 is 0 Å². The van der Waals surface area contributed by atoms with Crippen molar-refractivity contribution in [2.45, 2.75) is 65.0 Å². The lowest BCUT2D eigenvalue weighted by molar-refractivity contribution is -0.970. The summed E-state index contributed by atoms with van der Waals surface area (Å²) in [6.45, 7) is 15.6. The number of quaternary nitrogens is 2. The third-order valence-corrected chi connectivity index (χ3v) is 6.09. The molecule has 2 N–H and O–H groups in total. The minimum atomic E-state index is -0.113. The molecule has 0 unspecified atom stereocenters. The maximum Gasteiger partial charge on any atom is 0.332 e. The molecule has 0 radical (unpaired) electrons. The molecule has 0 spiro atoms. The molecule has 8 nitrogen and oxygen atoms in total. The predicted molar refractivity (Wildman–Crippen MR) is 86.6 cm³/mol. The first kappa shape index (κ1) is 16.0. The zero-order chi connectivity index (χ0) is 17.6. The molecule has 0 aromatic rings. The summed E-state index contributed by atoms with van der Waals surface area (Å²) < 4.78 is 0. The van der Waals surface area contributed by atoms with E-state index in [4.69, 9.17) is 0 Å². The topological polar surface area (TPSA) is 56.0 Å². The molecule has 4 rings (SSSR count). The van der Waals surface area contributed by atoms with Crippen molar-refractivity contribution in [2.75, 3.05) is 26.7 Å². The van der Waals surface area contributed by atoms with Crippen LogP contribution in [0.4, 0.5) is 9.59 Å². The van der Waals surface area contributed by atoms with E-state index >= 15 is 0 Å². The van der Waals surface area contributed by atoms with Crippen LogP contribution < -0.4 is 9.80 Å². The van der Waals surface area contributed by atoms with Crippen molar-refractivity contribution in [2.24, 2.45) is 0 Å². The Morgan fingerprint density at radius 1 is 0.667 bits per heavy atom. The fraction of sp³-hybridized carbons (Fsp3) is 0.875. The second-order valence-corrected chi connectivity index (χ2v) is 9.61. The molecule has 4 saturated heterocycles. The van der Waals surface area contributed by atoms with Gasteiger partial charge in [0.15, 0.2) is 39.0 Å². The van der Waals surface area contributed by atoms with Crippen molar-refractivity contribution in [3.63, 3.8) is 0 Å². The molecule has 4 fully saturated rings. The number of hydrogen-bond acceptors (Lipinski definition) is 2. The molecular formula is C16H30N6O2+2. The van der Waals surface area contributed by atoms with Crippen molar-refractivity contribution < 1.29 is 19.4 Å². The van der Waals surface area contributed by atoms with Gasteiger partial charge >= 0.3 is 12.1 Å². The van der Waals surface area contributed by atoms with Gasteiger partial charge in [0.1, 0.15) is 0 Å². The van der Waals surface area contributed by atoms with Gasteiger partial charge in [-0.2, -0.15) is 0 Å². The van der Waals surface area contributed by atoms with Crippen LogP contribution in [0.5, 0.6) is 0 Å². The largest absolute Gasteiger partial charge is 0.332 e. The van der Waals surface area contributed by atoms with Crippen LogP contribution in [0, 0.1) is 0 Å². The molecule has 0 bridgehead atoms. The zero-order valence-corrected chi connectivity index (χ0v) is 15.6. The SMILES string of the molecule is CC(C)(C)[NH+]1CN2C(=O)N3C[NH+](C(C)(C)C)CN4C(=O)N(C1)C2C34. The van der Waals surface area contributed by atoms with Crippen molar-refractivity contribution in [3.8, 4) is 0 Å². The van der Waals surface area contributed by atoms with Gasteiger partial charge < -0.3 is 0 Å². The Labute approximate surface area is 143 Å². The van der Waals surface area contributed by atoms with Crippen molar-refractivity contribution >= 4 is 12.1 Å². The van der Waals surface area contributed by atoms with Crippen LogP contribution in [0.15, 0.2) is 0 Å². The van der Waals surface area contributed by atoms with Crippen molar-refractivity contribution in [1.29, 1.82) is 0 Å². The summed E-state index contributed by atoms with van der Waals surface area (Å²) in [6, 6.07) is 0.158. The van der Waals surface area contributed by atoms with Gasteiger partial charge in [-0.25, -0.2) is 9.59 Å². The monoisotopic (exact) mass is 338 g/mol. The number of nitrogens with zero attached hydrogens (tertiary/aromatic N) is 4. The summed E-state index contributed by atoms with van der Waals surface area (Å²) in [7, 11) is 0. The summed E-state index contributed by atoms with van der Waals surface area (Å²) in [5.41, 5.74) is -0.0106. The molecule has 4 aliphatic heterocycles. The molecule has 24 heavy (non-hydrogen) atoms. The van der Waals surface area contributed by atoms with Crippen molar-refractivity contribution in [3.05, 3.63) is 0 Å². The number of hydrogen-bond donors (Lipinski definition) is 2. The van der Waals surface area contributed by atoms with E-state index in [9.17, 15) is 9.59 Å². The summed E-state index contributed by atoms with van der Waals surface area (Å²) in [5, 5.41) is 0. The Hall–Kier alpha value is -1.54. The van der Waals surface area contributed by atoms with Crippen LogP contribution in [0.2, 0.25) is 0 Å². The molecule has 4 aliphatic rings. The molecule has 0 aromatic carbocycles. The van der Waals surface area contributed by atoms with Crippen molar-refractivity contribution in [1.82, 2.24) is 19.6 Å². The van der Waals surface area contributed by atoms with Gasteiger partial charge in [0.2, 0.25) is 0 Å². The highest BCUT2D eigenvalue weighted by Crippen LogP contribution is 2.35. The van der Waals surface area contributed by atoms with E-state index in [1.807, 2.05) is 19.6 Å². The Bertz CT molecular complexity index is 510. The molecule has 8 heteroatoms. The van der Waals surface area contributed by atoms with E-state index in [2.05, 4.69) is 41.5 Å². The maximum atomic E-state index is 13.1. The van der Waals surface area contributed by atoms with E-state index in [0.717, 1.165) is 0 Å². The average Bonchev–Trinajstić information content (AvgIpc) is 2.92. The average molecular weight is 338 g/mol. The van der Waals surface area contributed by atoms with Gasteiger partial charge in [-0.3, -0.25) is 29.4 Å². The molecule has 0 atom stereocenters. The highest BCUT2D eigenvalue weighted by molar-refractivity contribution is 5.85. The highest BCUT2D eigenvalue weighted by atomic mass is 16.2. The zero-order valence-electron chi connectivity index (χ0n) is 15.6. The quantitative estimate of drug-likeness (QED) is 0.555. The van der Waals surface area contributed by atoms with Gasteiger partial charge in [-0.05, 0) is 41.5 Å². The van der Waals surface area contributed by atoms with Gasteiger partial charge in [0.05, 0.1) is 11.1 Å². The third kappa shape index (κ3) is 1.99. The molecule has 4 heterocycles. The second-order valence-electron chi connectivity index (χ2n) is 9.61. The Balaban J connectivity index is 1.70. The lowest BCUT2D eigenvalue weighted by Gasteiger charge is -2.45. The minimum Gasteiger partial charge on any atom is -0.296 e. The smallest absolute Gasteiger partial charge is 0.296 e. The lowest BCUT2D eigenvalue weighted by Crippen LogP contribution is -3.23. The summed E-state index contributed by atoms with van der Waals surface area (Å²) in [4.78, 5) is 36.3. The fourth-order valence-electron chi connectivity index (χ4n) is 4.28. The third-order valence-electron chi connectivity index (χ3n) is 6.09. The van der Waals surface area contributed by atoms with E-state index in [1.54, 1.807) is 0 Å². The number of carbonyl (C=O) groups excluding carboxylic acids is 2. The minimum absolute atomic E-state index is 0.00528. The summed E-state index contributed by atoms with van der Waals surface area (Å²) in [6.07, 6.45) is -0.227. The van der Waals surface area contributed by atoms with Gasteiger partial charge in [-0.15, -0.1) is 0 Å². The standard InChI is InChI=1S/C16H28N6O2/c1-15(2,3)17-7-19-11-12-21(13(19)23)9-18(16(4,5)6)10-22(12)14(24)20(11)8-17/h11-12H,7-10H2,1-6H3/p+2. The number of nitrogens with one attached hydrogen (secondary N) is 2. The lowest BCUT2D eigenvalue weighted by atomic mass is 10.1. The number of amides is 4. The fourth-order valence-corrected chi connectivity index (χ4v) is 4.28. The Morgan fingerprint density at radius 3 is 1.12 bits per heavy atom. The normalized spacial score (nSPS) is 35.9. The first-order chi connectivity index (χ1) is 11.0. The van der Waals surface area contributed by atoms with Gasteiger partial charge in [-0.1, -0.05) is 0 Å². The van der Waals surface area contributed by atoms with E-state index in [0.29, 0.717) is 26.7 Å². The van der Waals surface area contributed by atoms with E-state index in [1.165, 1.54) is 9.80 Å². The van der Waals surface area contributed by atoms with Gasteiger partial charge in [0.25, 0.3) is 0 Å². The Kier molecular flexibility index (Phi) is 3.02. The number of carbonyl (C=O) groups is 2.